The van der Waals surface area contributed by atoms with Crippen molar-refractivity contribution in [1.29, 1.82) is 0 Å². The van der Waals surface area contributed by atoms with Gasteiger partial charge in [0.25, 0.3) is 0 Å². The highest BCUT2D eigenvalue weighted by atomic mass is 16.6. The topological polar surface area (TPSA) is 129 Å². The van der Waals surface area contributed by atoms with Crippen LogP contribution in [0.1, 0.15) is 5.56 Å². The maximum atomic E-state index is 10.8. The molecular weight excluding hydrogens is 264 g/mol. The van der Waals surface area contributed by atoms with Crippen molar-refractivity contribution < 1.29 is 9.66 Å². The van der Waals surface area contributed by atoms with Crippen molar-refractivity contribution in [2.24, 2.45) is 0 Å². The lowest BCUT2D eigenvalue weighted by molar-refractivity contribution is -0.384. The van der Waals surface area contributed by atoms with Crippen LogP contribution in [0.5, 0.6) is 5.88 Å². The van der Waals surface area contributed by atoms with E-state index in [1.165, 1.54) is 7.11 Å². The Hall–Kier alpha value is -2.97. The summed E-state index contributed by atoms with van der Waals surface area (Å²) < 4.78 is 4.94. The fraction of sp³-hybridized carbons (Fsp3) is 0.182. The zero-order valence-corrected chi connectivity index (χ0v) is 10.6. The highest BCUT2D eigenvalue weighted by Gasteiger charge is 2.16. The monoisotopic (exact) mass is 276 g/mol. The quantitative estimate of drug-likeness (QED) is 0.610. The summed E-state index contributed by atoms with van der Waals surface area (Å²) in [6, 6.07) is 3.48. The molecule has 0 unspecified atom stereocenters. The molecule has 0 aliphatic heterocycles. The molecule has 2 aromatic rings. The van der Waals surface area contributed by atoms with Crippen molar-refractivity contribution in [2.75, 3.05) is 18.2 Å². The van der Waals surface area contributed by atoms with Crippen molar-refractivity contribution in [2.45, 2.75) is 6.54 Å². The lowest BCUT2D eigenvalue weighted by Gasteiger charge is -2.06. The van der Waals surface area contributed by atoms with E-state index in [0.717, 1.165) is 11.8 Å². The van der Waals surface area contributed by atoms with Crippen molar-refractivity contribution in [3.63, 3.8) is 0 Å². The number of anilines is 2. The Morgan fingerprint density at radius 1 is 1.40 bits per heavy atom. The van der Waals surface area contributed by atoms with Gasteiger partial charge in [0.1, 0.15) is 6.20 Å². The molecule has 0 radical (unpaired) electrons. The fourth-order valence-corrected chi connectivity index (χ4v) is 1.47. The molecule has 0 atom stereocenters. The molecule has 0 spiro atoms. The number of nitro groups is 1. The molecule has 2 aromatic heterocycles. The van der Waals surface area contributed by atoms with E-state index in [9.17, 15) is 10.1 Å². The predicted octanol–water partition coefficient (Wildman–Crippen LogP) is 0.983. The summed E-state index contributed by atoms with van der Waals surface area (Å²) in [6.07, 6.45) is 2.67. The third-order valence-electron chi connectivity index (χ3n) is 2.45. The second kappa shape index (κ2) is 5.78. The largest absolute Gasteiger partial charge is 0.481 e. The Bertz CT molecular complexity index is 616. The highest BCUT2D eigenvalue weighted by molar-refractivity contribution is 5.56. The standard InChI is InChI=1S/C11H12N6O3/c1-20-9-3-2-7(4-13-9)5-14-10-8(17(18)19)6-15-11(12)16-10/h2-4,6H,5H2,1H3,(H3,12,14,15,16). The predicted molar refractivity (Wildman–Crippen MR) is 71.2 cm³/mol. The van der Waals surface area contributed by atoms with Crippen molar-refractivity contribution >= 4 is 17.5 Å². The van der Waals surface area contributed by atoms with Gasteiger partial charge in [-0.25, -0.2) is 9.97 Å². The minimum Gasteiger partial charge on any atom is -0.481 e. The number of nitrogens with zero attached hydrogens (tertiary/aromatic N) is 4. The second-order valence-electron chi connectivity index (χ2n) is 3.78. The SMILES string of the molecule is COc1ccc(CNc2nc(N)ncc2[N+](=O)[O-])cn1. The van der Waals surface area contributed by atoms with Crippen LogP contribution in [0.4, 0.5) is 17.5 Å². The van der Waals surface area contributed by atoms with Gasteiger partial charge in [0.15, 0.2) is 0 Å². The first-order chi connectivity index (χ1) is 9.60. The summed E-state index contributed by atoms with van der Waals surface area (Å²) >= 11 is 0. The molecule has 0 saturated heterocycles. The first kappa shape index (κ1) is 13.5. The van der Waals surface area contributed by atoms with Gasteiger partial charge >= 0.3 is 5.69 Å². The number of nitrogens with two attached hydrogens (primary N) is 1. The van der Waals surface area contributed by atoms with Crippen molar-refractivity contribution in [1.82, 2.24) is 15.0 Å². The van der Waals surface area contributed by atoms with Gasteiger partial charge in [-0.05, 0) is 5.56 Å². The van der Waals surface area contributed by atoms with Crippen LogP contribution in [0, 0.1) is 10.1 Å². The Labute approximate surface area is 114 Å². The van der Waals surface area contributed by atoms with E-state index >= 15 is 0 Å². The average Bonchev–Trinajstić information content (AvgIpc) is 2.45. The molecule has 3 N–H and O–H groups in total. The first-order valence-electron chi connectivity index (χ1n) is 5.60. The summed E-state index contributed by atoms with van der Waals surface area (Å²) in [5, 5.41) is 13.7. The molecule has 20 heavy (non-hydrogen) atoms. The molecule has 0 amide bonds. The summed E-state index contributed by atoms with van der Waals surface area (Å²) in [4.78, 5) is 21.7. The number of ether oxygens (including phenoxy) is 1. The van der Waals surface area contributed by atoms with Gasteiger partial charge < -0.3 is 15.8 Å². The lowest BCUT2D eigenvalue weighted by Crippen LogP contribution is -2.07. The van der Waals surface area contributed by atoms with Gasteiger partial charge in [-0.1, -0.05) is 6.07 Å². The third-order valence-corrected chi connectivity index (χ3v) is 2.45. The van der Waals surface area contributed by atoms with Gasteiger partial charge in [0.05, 0.1) is 12.0 Å². The van der Waals surface area contributed by atoms with Crippen LogP contribution in [0.15, 0.2) is 24.5 Å². The van der Waals surface area contributed by atoms with E-state index in [1.807, 2.05) is 0 Å². The summed E-state index contributed by atoms with van der Waals surface area (Å²) in [5.74, 6) is 0.523. The average molecular weight is 276 g/mol. The zero-order chi connectivity index (χ0) is 14.5. The molecule has 0 saturated carbocycles. The Morgan fingerprint density at radius 2 is 2.20 bits per heavy atom. The van der Waals surface area contributed by atoms with Crippen LogP contribution in [0.3, 0.4) is 0 Å². The smallest absolute Gasteiger partial charge is 0.329 e. The summed E-state index contributed by atoms with van der Waals surface area (Å²) in [7, 11) is 1.52. The zero-order valence-electron chi connectivity index (χ0n) is 10.6. The number of hydrogen-bond acceptors (Lipinski definition) is 8. The van der Waals surface area contributed by atoms with Crippen LogP contribution < -0.4 is 15.8 Å². The minimum absolute atomic E-state index is 0.0362. The molecule has 0 aliphatic rings. The Kier molecular flexibility index (Phi) is 3.89. The van der Waals surface area contributed by atoms with Crippen LogP contribution in [-0.2, 0) is 6.54 Å². The van der Waals surface area contributed by atoms with E-state index in [2.05, 4.69) is 20.3 Å². The molecule has 0 fully saturated rings. The number of pyridine rings is 1. The van der Waals surface area contributed by atoms with E-state index in [1.54, 1.807) is 18.3 Å². The second-order valence-corrected chi connectivity index (χ2v) is 3.78. The number of rotatable bonds is 5. The van der Waals surface area contributed by atoms with E-state index in [-0.39, 0.29) is 17.5 Å². The molecule has 0 aliphatic carbocycles. The minimum atomic E-state index is -0.575. The fourth-order valence-electron chi connectivity index (χ4n) is 1.47. The first-order valence-corrected chi connectivity index (χ1v) is 5.60. The Morgan fingerprint density at radius 3 is 2.80 bits per heavy atom. The van der Waals surface area contributed by atoms with Gasteiger partial charge in [-0.2, -0.15) is 4.98 Å². The molecule has 104 valence electrons. The molecule has 9 nitrogen and oxygen atoms in total. The Balaban J connectivity index is 2.13. The molecular formula is C11H12N6O3. The van der Waals surface area contributed by atoms with Crippen LogP contribution >= 0.6 is 0 Å². The van der Waals surface area contributed by atoms with Crippen molar-refractivity contribution in [3.05, 3.63) is 40.2 Å². The number of nitrogens with one attached hydrogen (secondary N) is 1. The third kappa shape index (κ3) is 3.07. The van der Waals surface area contributed by atoms with Gasteiger partial charge in [-0.15, -0.1) is 0 Å². The van der Waals surface area contributed by atoms with E-state index < -0.39 is 4.92 Å². The molecule has 2 heterocycles. The number of methoxy groups -OCH3 is 1. The molecule has 0 aromatic carbocycles. The summed E-state index contributed by atoms with van der Waals surface area (Å²) in [5.41, 5.74) is 6.00. The van der Waals surface area contributed by atoms with Gasteiger partial charge in [0.2, 0.25) is 17.6 Å². The van der Waals surface area contributed by atoms with Crippen LogP contribution in [-0.4, -0.2) is 27.0 Å². The maximum absolute atomic E-state index is 10.8. The van der Waals surface area contributed by atoms with Crippen LogP contribution in [0.2, 0.25) is 0 Å². The molecule has 0 bridgehead atoms. The maximum Gasteiger partial charge on any atom is 0.329 e. The number of nitrogen functional groups attached to an aromatic ring is 1. The lowest BCUT2D eigenvalue weighted by atomic mass is 10.3. The van der Waals surface area contributed by atoms with E-state index in [0.29, 0.717) is 12.4 Å². The molecule has 9 heteroatoms. The molecule has 2 rings (SSSR count). The normalized spacial score (nSPS) is 10.1. The van der Waals surface area contributed by atoms with Gasteiger partial charge in [0, 0.05) is 18.8 Å². The van der Waals surface area contributed by atoms with E-state index in [4.69, 9.17) is 10.5 Å². The number of hydrogen-bond donors (Lipinski definition) is 2. The number of aromatic nitrogens is 3. The van der Waals surface area contributed by atoms with Gasteiger partial charge in [-0.3, -0.25) is 10.1 Å². The van der Waals surface area contributed by atoms with Crippen LogP contribution in [0.25, 0.3) is 0 Å². The van der Waals surface area contributed by atoms with Crippen molar-refractivity contribution in [3.8, 4) is 5.88 Å². The summed E-state index contributed by atoms with van der Waals surface area (Å²) in [6.45, 7) is 0.314. The highest BCUT2D eigenvalue weighted by Crippen LogP contribution is 2.21.